The smallest absolute Gasteiger partial charge is 0.261 e. The van der Waals surface area contributed by atoms with E-state index < -0.39 is 10.0 Å². The highest BCUT2D eigenvalue weighted by Crippen LogP contribution is 2.17. The Morgan fingerprint density at radius 3 is 2.48 bits per heavy atom. The molecule has 0 saturated heterocycles. The first-order chi connectivity index (χ1) is 11.9. The molecule has 3 rings (SSSR count). The minimum absolute atomic E-state index is 0.151. The van der Waals surface area contributed by atoms with Crippen LogP contribution in [-0.2, 0) is 17.1 Å². The molecule has 0 atom stereocenters. The summed E-state index contributed by atoms with van der Waals surface area (Å²) in [5, 5.41) is 6.72. The summed E-state index contributed by atoms with van der Waals surface area (Å²) in [5.41, 5.74) is 0.622. The van der Waals surface area contributed by atoms with E-state index in [1.807, 2.05) is 0 Å². The molecule has 2 N–H and O–H groups in total. The number of sulfonamides is 1. The summed E-state index contributed by atoms with van der Waals surface area (Å²) < 4.78 is 28.7. The van der Waals surface area contributed by atoms with Crippen molar-refractivity contribution in [3.05, 3.63) is 72.4 Å². The van der Waals surface area contributed by atoms with Gasteiger partial charge in [0.25, 0.3) is 15.9 Å². The third-order valence-corrected chi connectivity index (χ3v) is 4.78. The van der Waals surface area contributed by atoms with Crippen molar-refractivity contribution in [3.8, 4) is 0 Å². The second-order valence-corrected chi connectivity index (χ2v) is 7.01. The van der Waals surface area contributed by atoms with Crippen LogP contribution in [0.4, 0.5) is 11.5 Å². The van der Waals surface area contributed by atoms with Gasteiger partial charge in [-0.2, -0.15) is 5.10 Å². The van der Waals surface area contributed by atoms with Crippen molar-refractivity contribution in [3.63, 3.8) is 0 Å². The highest BCUT2D eigenvalue weighted by molar-refractivity contribution is 7.92. The number of amides is 1. The van der Waals surface area contributed by atoms with E-state index >= 15 is 0 Å². The van der Waals surface area contributed by atoms with Crippen LogP contribution in [0.2, 0.25) is 0 Å². The Labute approximate surface area is 145 Å². The molecule has 1 heterocycles. The van der Waals surface area contributed by atoms with Crippen molar-refractivity contribution in [2.24, 2.45) is 7.05 Å². The molecule has 0 aliphatic rings. The van der Waals surface area contributed by atoms with Gasteiger partial charge in [-0.3, -0.25) is 14.2 Å². The molecule has 0 saturated carbocycles. The number of carbonyl (C=O) groups is 1. The molecule has 0 spiro atoms. The van der Waals surface area contributed by atoms with E-state index in [9.17, 15) is 13.2 Å². The van der Waals surface area contributed by atoms with Crippen LogP contribution in [0, 0.1) is 0 Å². The van der Waals surface area contributed by atoms with Crippen molar-refractivity contribution in [1.29, 1.82) is 0 Å². The van der Waals surface area contributed by atoms with Crippen LogP contribution in [0.25, 0.3) is 0 Å². The Balaban J connectivity index is 1.78. The maximum absolute atomic E-state index is 12.4. The van der Waals surface area contributed by atoms with E-state index in [0.717, 1.165) is 0 Å². The Bertz CT molecular complexity index is 997. The predicted octanol–water partition coefficient (Wildman–Crippen LogP) is 2.47. The fourth-order valence-electron chi connectivity index (χ4n) is 2.21. The predicted molar refractivity (Wildman–Crippen MR) is 94.9 cm³/mol. The van der Waals surface area contributed by atoms with Crippen LogP contribution >= 0.6 is 0 Å². The highest BCUT2D eigenvalue weighted by atomic mass is 32.2. The van der Waals surface area contributed by atoms with Crippen molar-refractivity contribution < 1.29 is 13.2 Å². The zero-order chi connectivity index (χ0) is 17.9. The van der Waals surface area contributed by atoms with Crippen LogP contribution in [-0.4, -0.2) is 24.1 Å². The molecule has 0 aliphatic carbocycles. The lowest BCUT2D eigenvalue weighted by Gasteiger charge is -2.09. The number of hydrogen-bond acceptors (Lipinski definition) is 4. The summed E-state index contributed by atoms with van der Waals surface area (Å²) in [7, 11) is -1.96. The summed E-state index contributed by atoms with van der Waals surface area (Å²) in [6.07, 6.45) is 1.71. The maximum atomic E-state index is 12.4. The molecule has 25 heavy (non-hydrogen) atoms. The molecule has 3 aromatic rings. The van der Waals surface area contributed by atoms with Crippen molar-refractivity contribution >= 4 is 27.4 Å². The van der Waals surface area contributed by atoms with Crippen LogP contribution in [0.5, 0.6) is 0 Å². The summed E-state index contributed by atoms with van der Waals surface area (Å²) in [4.78, 5) is 12.4. The molecule has 8 heteroatoms. The van der Waals surface area contributed by atoms with Gasteiger partial charge in [0, 0.05) is 30.6 Å². The van der Waals surface area contributed by atoms with Gasteiger partial charge in [0.2, 0.25) is 0 Å². The van der Waals surface area contributed by atoms with Gasteiger partial charge < -0.3 is 5.32 Å². The normalized spacial score (nSPS) is 11.1. The molecule has 0 aliphatic heterocycles. The molecular formula is C17H16N4O3S. The van der Waals surface area contributed by atoms with Gasteiger partial charge in [-0.15, -0.1) is 0 Å². The molecule has 128 valence electrons. The zero-order valence-corrected chi connectivity index (χ0v) is 14.2. The average molecular weight is 356 g/mol. The van der Waals surface area contributed by atoms with Crippen LogP contribution in [0.1, 0.15) is 10.4 Å². The third kappa shape index (κ3) is 4.04. The molecule has 1 amide bonds. The van der Waals surface area contributed by atoms with E-state index in [1.54, 1.807) is 60.4 Å². The molecule has 1 aromatic heterocycles. The monoisotopic (exact) mass is 356 g/mol. The van der Waals surface area contributed by atoms with E-state index in [-0.39, 0.29) is 10.8 Å². The Morgan fingerprint density at radius 1 is 1.04 bits per heavy atom. The Morgan fingerprint density at radius 2 is 1.80 bits per heavy atom. The lowest BCUT2D eigenvalue weighted by molar-refractivity contribution is 0.102. The first-order valence-corrected chi connectivity index (χ1v) is 8.91. The minimum Gasteiger partial charge on any atom is -0.305 e. The first kappa shape index (κ1) is 16.7. The minimum atomic E-state index is -3.71. The molecule has 0 bridgehead atoms. The number of aromatic nitrogens is 2. The number of carbonyl (C=O) groups excluding carboxylic acids is 1. The first-order valence-electron chi connectivity index (χ1n) is 7.43. The lowest BCUT2D eigenvalue weighted by atomic mass is 10.2. The van der Waals surface area contributed by atoms with E-state index in [1.165, 1.54) is 18.2 Å². The number of rotatable bonds is 5. The van der Waals surface area contributed by atoms with Gasteiger partial charge >= 0.3 is 0 Å². The third-order valence-electron chi connectivity index (χ3n) is 3.39. The highest BCUT2D eigenvalue weighted by Gasteiger charge is 2.15. The number of anilines is 2. The Kier molecular flexibility index (Phi) is 4.53. The van der Waals surface area contributed by atoms with Crippen LogP contribution in [0.15, 0.2) is 71.8 Å². The maximum Gasteiger partial charge on any atom is 0.261 e. The van der Waals surface area contributed by atoms with Crippen molar-refractivity contribution in [2.45, 2.75) is 4.90 Å². The van der Waals surface area contributed by atoms with Gasteiger partial charge in [-0.05, 0) is 30.3 Å². The van der Waals surface area contributed by atoms with Gasteiger partial charge in [0.05, 0.1) is 4.90 Å². The van der Waals surface area contributed by atoms with Crippen LogP contribution < -0.4 is 10.0 Å². The van der Waals surface area contributed by atoms with Crippen LogP contribution in [0.3, 0.4) is 0 Å². The van der Waals surface area contributed by atoms with Gasteiger partial charge in [-0.25, -0.2) is 8.42 Å². The number of benzene rings is 2. The molecule has 0 fully saturated rings. The second kappa shape index (κ2) is 6.78. The summed E-state index contributed by atoms with van der Waals surface area (Å²) in [6.45, 7) is 0. The quantitative estimate of drug-likeness (QED) is 0.734. The van der Waals surface area contributed by atoms with E-state index in [4.69, 9.17) is 0 Å². The Hall–Kier alpha value is -3.13. The second-order valence-electron chi connectivity index (χ2n) is 5.33. The number of nitrogens with zero attached hydrogens (tertiary/aromatic N) is 2. The molecule has 0 radical (unpaired) electrons. The summed E-state index contributed by atoms with van der Waals surface area (Å²) >= 11 is 0. The van der Waals surface area contributed by atoms with Gasteiger partial charge in [-0.1, -0.05) is 24.3 Å². The number of nitrogens with one attached hydrogen (secondary N) is 2. The van der Waals surface area contributed by atoms with Gasteiger partial charge in [0.15, 0.2) is 5.82 Å². The largest absolute Gasteiger partial charge is 0.305 e. The summed E-state index contributed by atoms with van der Waals surface area (Å²) in [5.74, 6) is 0.0437. The topological polar surface area (TPSA) is 93.1 Å². The number of aryl methyl sites for hydroxylation is 1. The molecular weight excluding hydrogens is 340 g/mol. The van der Waals surface area contributed by atoms with Gasteiger partial charge in [0.1, 0.15) is 0 Å². The van der Waals surface area contributed by atoms with Crippen molar-refractivity contribution in [1.82, 2.24) is 9.78 Å². The molecule has 7 nitrogen and oxygen atoms in total. The van der Waals surface area contributed by atoms with E-state index in [0.29, 0.717) is 17.1 Å². The average Bonchev–Trinajstić information content (AvgIpc) is 3.00. The zero-order valence-electron chi connectivity index (χ0n) is 13.4. The fraction of sp³-hybridized carbons (Fsp3) is 0.0588. The van der Waals surface area contributed by atoms with Crippen molar-refractivity contribution in [2.75, 3.05) is 10.0 Å². The SMILES string of the molecule is Cn1ccc(NC(=O)c2cccc(NS(=O)(=O)c3ccccc3)c2)n1. The molecule has 2 aromatic carbocycles. The lowest BCUT2D eigenvalue weighted by Crippen LogP contribution is -2.15. The fourth-order valence-corrected chi connectivity index (χ4v) is 3.28. The number of hydrogen-bond donors (Lipinski definition) is 2. The van der Waals surface area contributed by atoms with E-state index in [2.05, 4.69) is 15.1 Å². The molecule has 0 unspecified atom stereocenters. The standard InChI is InChI=1S/C17H16N4O3S/c1-21-11-10-16(19-21)18-17(22)13-6-5-7-14(12-13)20-25(23,24)15-8-3-2-4-9-15/h2-12,20H,1H3,(H,18,19,22). The summed E-state index contributed by atoms with van der Waals surface area (Å²) in [6, 6.07) is 15.9.